The van der Waals surface area contributed by atoms with Crippen molar-refractivity contribution in [3.63, 3.8) is 0 Å². The summed E-state index contributed by atoms with van der Waals surface area (Å²) in [5.74, 6) is 0. The Kier molecular flexibility index (Phi) is 7.07. The quantitative estimate of drug-likeness (QED) is 0.203. The zero-order chi connectivity index (χ0) is 20.6. The minimum absolute atomic E-state index is 0.546. The number of rotatable bonds is 7. The highest BCUT2D eigenvalue weighted by Crippen LogP contribution is 2.28. The lowest BCUT2D eigenvalue weighted by Gasteiger charge is -2.23. The van der Waals surface area contributed by atoms with Crippen molar-refractivity contribution in [1.82, 2.24) is 15.7 Å². The van der Waals surface area contributed by atoms with E-state index in [9.17, 15) is 0 Å². The van der Waals surface area contributed by atoms with E-state index in [0.29, 0.717) is 5.11 Å². The van der Waals surface area contributed by atoms with Crippen LogP contribution in [-0.4, -0.2) is 55.7 Å². The van der Waals surface area contributed by atoms with Gasteiger partial charge in [0.05, 0.1) is 31.7 Å². The first-order valence-electron chi connectivity index (χ1n) is 10.5. The number of aromatic amines is 1. The number of benzene rings is 2. The molecular weight excluding hydrogens is 394 g/mol. The third-order valence-electron chi connectivity index (χ3n) is 5.36. The van der Waals surface area contributed by atoms with Crippen LogP contribution < -0.4 is 15.6 Å². The summed E-state index contributed by atoms with van der Waals surface area (Å²) in [5, 5.41) is 9.32. The Labute approximate surface area is 182 Å². The molecule has 0 radical (unpaired) electrons. The third-order valence-corrected chi connectivity index (χ3v) is 5.60. The molecule has 0 amide bonds. The van der Waals surface area contributed by atoms with Gasteiger partial charge in [0.25, 0.3) is 0 Å². The highest BCUT2D eigenvalue weighted by atomic mass is 32.1. The molecule has 2 heterocycles. The number of nitrogens with zero attached hydrogens (tertiary/aromatic N) is 1. The van der Waals surface area contributed by atoms with Crippen molar-refractivity contribution in [2.24, 2.45) is 5.10 Å². The highest BCUT2D eigenvalue weighted by Gasteiger charge is 2.13. The van der Waals surface area contributed by atoms with Crippen LogP contribution in [-0.2, 0) is 4.74 Å². The number of quaternary nitrogens is 1. The molecular formula is C23H28N5OS+. The minimum atomic E-state index is 0.546. The standard InChI is InChI=1S/C23H27N5OS/c30-23(24-11-6-12-28-13-15-29-16-14-28)27-25-17-20-19-9-4-5-10-21(19)26-22(20)18-7-2-1-3-8-18/h1-5,7-10,17,26H,6,11-16H2,(H2,24,27,30)/p+1/b25-17+. The highest BCUT2D eigenvalue weighted by molar-refractivity contribution is 7.80. The van der Waals surface area contributed by atoms with Gasteiger partial charge in [-0.05, 0) is 23.8 Å². The minimum Gasteiger partial charge on any atom is -0.370 e. The van der Waals surface area contributed by atoms with Crippen LogP contribution in [0.4, 0.5) is 0 Å². The average Bonchev–Trinajstić information content (AvgIpc) is 3.17. The van der Waals surface area contributed by atoms with Crippen LogP contribution in [0.25, 0.3) is 22.2 Å². The van der Waals surface area contributed by atoms with Crippen LogP contribution in [0.1, 0.15) is 12.0 Å². The zero-order valence-electron chi connectivity index (χ0n) is 17.0. The van der Waals surface area contributed by atoms with Crippen LogP contribution in [0.15, 0.2) is 59.7 Å². The molecule has 0 unspecified atom stereocenters. The Hall–Kier alpha value is -2.74. The van der Waals surface area contributed by atoms with Gasteiger partial charge in [0.15, 0.2) is 5.11 Å². The zero-order valence-corrected chi connectivity index (χ0v) is 17.8. The molecule has 0 spiro atoms. The number of nitrogens with one attached hydrogen (secondary N) is 4. The van der Waals surface area contributed by atoms with Crippen LogP contribution in [0.2, 0.25) is 0 Å². The number of fused-ring (bicyclic) bond motifs is 1. The van der Waals surface area contributed by atoms with E-state index in [-0.39, 0.29) is 0 Å². The second-order valence-electron chi connectivity index (χ2n) is 7.42. The van der Waals surface area contributed by atoms with Gasteiger partial charge in [-0.15, -0.1) is 0 Å². The van der Waals surface area contributed by atoms with Gasteiger partial charge in [0.1, 0.15) is 13.1 Å². The maximum absolute atomic E-state index is 5.40. The Morgan fingerprint density at radius 3 is 2.70 bits per heavy atom. The number of H-pyrrole nitrogens is 1. The molecule has 156 valence electrons. The molecule has 1 saturated heterocycles. The van der Waals surface area contributed by atoms with E-state index in [4.69, 9.17) is 17.0 Å². The van der Waals surface area contributed by atoms with E-state index in [1.807, 2.05) is 36.5 Å². The number of hydrogen-bond acceptors (Lipinski definition) is 3. The molecule has 0 saturated carbocycles. The molecule has 4 N–H and O–H groups in total. The molecule has 0 aliphatic carbocycles. The van der Waals surface area contributed by atoms with Gasteiger partial charge in [-0.1, -0.05) is 48.5 Å². The number of hydrazone groups is 1. The predicted molar refractivity (Wildman–Crippen MR) is 126 cm³/mol. The molecule has 0 atom stereocenters. The van der Waals surface area contributed by atoms with E-state index in [1.165, 1.54) is 0 Å². The van der Waals surface area contributed by atoms with Gasteiger partial charge in [-0.3, -0.25) is 5.43 Å². The fourth-order valence-electron chi connectivity index (χ4n) is 3.78. The second kappa shape index (κ2) is 10.3. The molecule has 6 nitrogen and oxygen atoms in total. The maximum Gasteiger partial charge on any atom is 0.186 e. The molecule has 1 aliphatic rings. The summed E-state index contributed by atoms with van der Waals surface area (Å²) in [6.45, 7) is 5.92. The van der Waals surface area contributed by atoms with Crippen molar-refractivity contribution in [2.45, 2.75) is 6.42 Å². The lowest BCUT2D eigenvalue weighted by atomic mass is 10.1. The Morgan fingerprint density at radius 1 is 1.10 bits per heavy atom. The third kappa shape index (κ3) is 5.24. The predicted octanol–water partition coefficient (Wildman–Crippen LogP) is 1.94. The fraction of sp³-hybridized carbons (Fsp3) is 0.304. The molecule has 1 aromatic heterocycles. The molecule has 4 rings (SSSR count). The fourth-order valence-corrected chi connectivity index (χ4v) is 3.93. The van der Waals surface area contributed by atoms with Gasteiger partial charge in [0, 0.05) is 29.4 Å². The van der Waals surface area contributed by atoms with Crippen molar-refractivity contribution < 1.29 is 9.64 Å². The molecule has 3 aromatic rings. The second-order valence-corrected chi connectivity index (χ2v) is 7.83. The largest absolute Gasteiger partial charge is 0.370 e. The van der Waals surface area contributed by atoms with Crippen LogP contribution >= 0.6 is 12.2 Å². The number of aromatic nitrogens is 1. The summed E-state index contributed by atoms with van der Waals surface area (Å²) in [7, 11) is 0. The SMILES string of the molecule is S=C(NCCC[NH+]1CCOCC1)N/N=C/c1c(-c2ccccc2)[nH]c2ccccc12. The Balaban J connectivity index is 1.35. The summed E-state index contributed by atoms with van der Waals surface area (Å²) in [6.07, 6.45) is 2.91. The van der Waals surface area contributed by atoms with Crippen molar-refractivity contribution in [2.75, 3.05) is 39.4 Å². The average molecular weight is 423 g/mol. The topological polar surface area (TPSA) is 65.9 Å². The first-order chi connectivity index (χ1) is 14.8. The van der Waals surface area contributed by atoms with Gasteiger partial charge < -0.3 is 19.9 Å². The first-order valence-corrected chi connectivity index (χ1v) is 10.9. The van der Waals surface area contributed by atoms with Gasteiger partial charge in [-0.25, -0.2) is 0 Å². The first kappa shape index (κ1) is 20.5. The lowest BCUT2D eigenvalue weighted by Crippen LogP contribution is -3.14. The summed E-state index contributed by atoms with van der Waals surface area (Å²) in [6, 6.07) is 18.5. The summed E-state index contributed by atoms with van der Waals surface area (Å²) >= 11 is 5.37. The molecule has 2 aromatic carbocycles. The van der Waals surface area contributed by atoms with Crippen molar-refractivity contribution in [3.8, 4) is 11.3 Å². The Morgan fingerprint density at radius 2 is 1.87 bits per heavy atom. The van der Waals surface area contributed by atoms with E-state index >= 15 is 0 Å². The summed E-state index contributed by atoms with van der Waals surface area (Å²) in [4.78, 5) is 5.12. The molecule has 7 heteroatoms. The van der Waals surface area contributed by atoms with Crippen molar-refractivity contribution in [1.29, 1.82) is 0 Å². The van der Waals surface area contributed by atoms with E-state index < -0.39 is 0 Å². The Bertz CT molecular complexity index is 995. The summed E-state index contributed by atoms with van der Waals surface area (Å²) < 4.78 is 5.40. The van der Waals surface area contributed by atoms with Crippen LogP contribution in [0, 0.1) is 0 Å². The molecule has 1 aliphatic heterocycles. The number of ether oxygens (including phenoxy) is 1. The van der Waals surface area contributed by atoms with Crippen molar-refractivity contribution >= 4 is 34.4 Å². The maximum atomic E-state index is 5.40. The van der Waals surface area contributed by atoms with Gasteiger partial charge in [-0.2, -0.15) is 5.10 Å². The molecule has 30 heavy (non-hydrogen) atoms. The van der Waals surface area contributed by atoms with Crippen molar-refractivity contribution in [3.05, 3.63) is 60.2 Å². The number of thiocarbonyl (C=S) groups is 1. The smallest absolute Gasteiger partial charge is 0.186 e. The monoisotopic (exact) mass is 422 g/mol. The van der Waals surface area contributed by atoms with E-state index in [1.54, 1.807) is 4.90 Å². The lowest BCUT2D eigenvalue weighted by molar-refractivity contribution is -0.908. The number of morpholine rings is 1. The van der Waals surface area contributed by atoms with Gasteiger partial charge >= 0.3 is 0 Å². The normalized spacial score (nSPS) is 14.9. The van der Waals surface area contributed by atoms with E-state index in [2.05, 4.69) is 45.1 Å². The molecule has 0 bridgehead atoms. The summed E-state index contributed by atoms with van der Waals surface area (Å²) in [5.41, 5.74) is 7.26. The molecule has 1 fully saturated rings. The number of hydrogen-bond donors (Lipinski definition) is 4. The van der Waals surface area contributed by atoms with E-state index in [0.717, 1.165) is 73.5 Å². The van der Waals surface area contributed by atoms with Crippen LogP contribution in [0.3, 0.4) is 0 Å². The van der Waals surface area contributed by atoms with Gasteiger partial charge in [0.2, 0.25) is 0 Å². The number of para-hydroxylation sites is 1. The van der Waals surface area contributed by atoms with Crippen LogP contribution in [0.5, 0.6) is 0 Å².